The number of hydrogen-bond donors (Lipinski definition) is 1. The molecule has 1 amide bonds. The number of nitrogens with zero attached hydrogens (tertiary/aromatic N) is 2. The molecule has 1 radical (unpaired) electrons. The molecule has 0 spiro atoms. The summed E-state index contributed by atoms with van der Waals surface area (Å²) in [4.78, 5) is 23.5. The highest BCUT2D eigenvalue weighted by Crippen LogP contribution is 2.16. The van der Waals surface area contributed by atoms with Crippen LogP contribution in [0.1, 0.15) is 21.0 Å². The van der Waals surface area contributed by atoms with E-state index in [-0.39, 0.29) is 11.6 Å². The Morgan fingerprint density at radius 3 is 2.35 bits per heavy atom. The average molecular weight is 275 g/mol. The lowest BCUT2D eigenvalue weighted by molar-refractivity contribution is 0.0590. The van der Waals surface area contributed by atoms with Gasteiger partial charge in [0.1, 0.15) is 11.4 Å². The summed E-state index contributed by atoms with van der Waals surface area (Å²) in [6.07, 6.45) is 3.16. The Labute approximate surface area is 115 Å². The second kappa shape index (κ2) is 5.12. The number of amides is 1. The van der Waals surface area contributed by atoms with E-state index < -0.39 is 5.97 Å². The largest absolute Gasteiger partial charge is 0.464 e. The van der Waals surface area contributed by atoms with Crippen molar-refractivity contribution in [2.45, 2.75) is 0 Å². The molecule has 105 valence electrons. The van der Waals surface area contributed by atoms with Gasteiger partial charge in [-0.2, -0.15) is 0 Å². The smallest absolute Gasteiger partial charge is 0.354 e. The predicted octanol–water partition coefficient (Wildman–Crippen LogP) is 1.32. The van der Waals surface area contributed by atoms with Crippen molar-refractivity contribution in [1.29, 1.82) is 0 Å². The zero-order valence-electron chi connectivity index (χ0n) is 11.4. The van der Waals surface area contributed by atoms with Crippen LogP contribution in [0.4, 0.5) is 11.4 Å². The number of ether oxygens (including phenoxy) is 1. The Balaban J connectivity index is 2.20. The van der Waals surface area contributed by atoms with Crippen molar-refractivity contribution in [1.82, 2.24) is 14.9 Å². The molecule has 7 nitrogen and oxygen atoms in total. The molecule has 0 saturated heterocycles. The molecule has 2 heterocycles. The van der Waals surface area contributed by atoms with Crippen LogP contribution < -0.4 is 11.1 Å². The van der Waals surface area contributed by atoms with E-state index in [9.17, 15) is 9.59 Å². The molecule has 0 aliphatic carbocycles. The fourth-order valence-corrected chi connectivity index (χ4v) is 1.93. The molecule has 0 fully saturated rings. The van der Waals surface area contributed by atoms with Gasteiger partial charge in [-0.05, 0) is 12.1 Å². The lowest BCUT2D eigenvalue weighted by Crippen LogP contribution is -2.14. The van der Waals surface area contributed by atoms with E-state index in [2.05, 4.69) is 10.1 Å². The second-order valence-electron chi connectivity index (χ2n) is 4.40. The third-order valence-corrected chi connectivity index (χ3v) is 2.89. The van der Waals surface area contributed by atoms with Crippen molar-refractivity contribution in [3.8, 4) is 0 Å². The number of anilines is 1. The van der Waals surface area contributed by atoms with Crippen LogP contribution in [0.25, 0.3) is 0 Å². The van der Waals surface area contributed by atoms with Crippen molar-refractivity contribution in [2.24, 2.45) is 14.1 Å². The summed E-state index contributed by atoms with van der Waals surface area (Å²) in [5.74, 6) is -0.812. The molecular formula is C13H15N4O3. The van der Waals surface area contributed by atoms with Crippen LogP contribution in [-0.4, -0.2) is 28.1 Å². The van der Waals surface area contributed by atoms with Crippen LogP contribution in [0, 0.1) is 0 Å². The summed E-state index contributed by atoms with van der Waals surface area (Å²) >= 11 is 0. The number of esters is 1. The molecule has 0 unspecified atom stereocenters. The standard InChI is InChI=1S/C13H15N4O3/c1-16-6-8(14)4-10(16)12(18)15-9-5-11(13(19)20-3)17(2)7-9/h4-7,14H,1-3H3,(H,15,18). The number of aromatic nitrogens is 2. The van der Waals surface area contributed by atoms with Crippen LogP contribution in [0.2, 0.25) is 0 Å². The van der Waals surface area contributed by atoms with Gasteiger partial charge >= 0.3 is 5.97 Å². The molecule has 2 N–H and O–H groups in total. The van der Waals surface area contributed by atoms with Gasteiger partial charge < -0.3 is 19.2 Å². The number of methoxy groups -OCH3 is 1. The van der Waals surface area contributed by atoms with Gasteiger partial charge in [0.15, 0.2) is 0 Å². The molecule has 0 atom stereocenters. The number of carbonyl (C=O) groups excluding carboxylic acids is 2. The van der Waals surface area contributed by atoms with Gasteiger partial charge in [0.05, 0.1) is 18.5 Å². The van der Waals surface area contributed by atoms with Crippen LogP contribution in [-0.2, 0) is 18.8 Å². The Bertz CT molecular complexity index is 669. The van der Waals surface area contributed by atoms with E-state index in [1.807, 2.05) is 0 Å². The normalized spacial score (nSPS) is 10.3. The highest BCUT2D eigenvalue weighted by molar-refractivity contribution is 6.04. The molecule has 20 heavy (non-hydrogen) atoms. The minimum absolute atomic E-state index is 0.265. The number of carbonyl (C=O) groups is 2. The van der Waals surface area contributed by atoms with E-state index in [1.165, 1.54) is 19.2 Å². The first kappa shape index (κ1) is 13.7. The van der Waals surface area contributed by atoms with Gasteiger partial charge in [0.2, 0.25) is 0 Å². The summed E-state index contributed by atoms with van der Waals surface area (Å²) < 4.78 is 7.78. The summed E-state index contributed by atoms with van der Waals surface area (Å²) in [5.41, 5.74) is 8.96. The highest BCUT2D eigenvalue weighted by Gasteiger charge is 2.15. The number of rotatable bonds is 3. The van der Waals surface area contributed by atoms with Crippen molar-refractivity contribution in [3.63, 3.8) is 0 Å². The molecule has 0 aliphatic rings. The van der Waals surface area contributed by atoms with Crippen molar-refractivity contribution in [3.05, 3.63) is 35.9 Å². The molecule has 2 aromatic rings. The maximum atomic E-state index is 12.1. The third-order valence-electron chi connectivity index (χ3n) is 2.89. The lowest BCUT2D eigenvalue weighted by atomic mass is 10.3. The molecule has 2 rings (SSSR count). The fraction of sp³-hybridized carbons (Fsp3) is 0.231. The van der Waals surface area contributed by atoms with Crippen LogP contribution >= 0.6 is 0 Å². The average Bonchev–Trinajstić information content (AvgIpc) is 2.91. The Morgan fingerprint density at radius 1 is 1.15 bits per heavy atom. The molecular weight excluding hydrogens is 260 g/mol. The fourth-order valence-electron chi connectivity index (χ4n) is 1.93. The lowest BCUT2D eigenvalue weighted by Gasteiger charge is -2.03. The van der Waals surface area contributed by atoms with Crippen molar-refractivity contribution in [2.75, 3.05) is 12.4 Å². The topological polar surface area (TPSA) is 89.1 Å². The molecule has 0 aliphatic heterocycles. The first-order valence-electron chi connectivity index (χ1n) is 5.86. The van der Waals surface area contributed by atoms with E-state index in [4.69, 9.17) is 5.73 Å². The first-order valence-corrected chi connectivity index (χ1v) is 5.86. The third kappa shape index (κ3) is 2.51. The zero-order valence-corrected chi connectivity index (χ0v) is 11.4. The van der Waals surface area contributed by atoms with Crippen LogP contribution in [0.3, 0.4) is 0 Å². The Morgan fingerprint density at radius 2 is 1.80 bits per heavy atom. The maximum Gasteiger partial charge on any atom is 0.354 e. The minimum atomic E-state index is -0.472. The first-order chi connectivity index (χ1) is 9.42. The Kier molecular flexibility index (Phi) is 3.51. The maximum absolute atomic E-state index is 12.1. The summed E-state index contributed by atoms with van der Waals surface area (Å²) in [5, 5.41) is 2.68. The number of nitrogens with one attached hydrogen (secondary N) is 2. The van der Waals surface area contributed by atoms with Gasteiger partial charge in [-0.25, -0.2) is 4.79 Å². The number of hydrogen-bond acceptors (Lipinski definition) is 3. The van der Waals surface area contributed by atoms with Crippen molar-refractivity contribution >= 4 is 23.3 Å². The van der Waals surface area contributed by atoms with E-state index in [0.29, 0.717) is 17.1 Å². The zero-order chi connectivity index (χ0) is 14.9. The van der Waals surface area contributed by atoms with E-state index >= 15 is 0 Å². The summed E-state index contributed by atoms with van der Waals surface area (Å²) in [6, 6.07) is 3.01. The van der Waals surface area contributed by atoms with Gasteiger partial charge in [0.25, 0.3) is 5.91 Å². The molecule has 0 bridgehead atoms. The molecule has 7 heteroatoms. The van der Waals surface area contributed by atoms with Crippen LogP contribution in [0.15, 0.2) is 24.5 Å². The van der Waals surface area contributed by atoms with Gasteiger partial charge in [0, 0.05) is 26.5 Å². The Hall–Kier alpha value is -2.70. The van der Waals surface area contributed by atoms with Crippen molar-refractivity contribution < 1.29 is 14.3 Å². The monoisotopic (exact) mass is 275 g/mol. The predicted molar refractivity (Wildman–Crippen MR) is 72.9 cm³/mol. The second-order valence-corrected chi connectivity index (χ2v) is 4.40. The van der Waals surface area contributed by atoms with Gasteiger partial charge in [-0.15, -0.1) is 0 Å². The highest BCUT2D eigenvalue weighted by atomic mass is 16.5. The molecule has 0 saturated carbocycles. The van der Waals surface area contributed by atoms with Gasteiger partial charge in [-0.3, -0.25) is 10.5 Å². The van der Waals surface area contributed by atoms with Gasteiger partial charge in [-0.1, -0.05) is 0 Å². The van der Waals surface area contributed by atoms with E-state index in [1.54, 1.807) is 35.6 Å². The SMILES string of the molecule is COC(=O)c1cc(NC(=O)c2cc([NH])cn2C)cn1C. The van der Waals surface area contributed by atoms with Crippen LogP contribution in [0.5, 0.6) is 0 Å². The molecule has 0 aromatic carbocycles. The molecule has 2 aromatic heterocycles. The van der Waals surface area contributed by atoms with E-state index in [0.717, 1.165) is 0 Å². The summed E-state index contributed by atoms with van der Waals surface area (Å²) in [7, 11) is 4.68. The quantitative estimate of drug-likeness (QED) is 0.856. The summed E-state index contributed by atoms with van der Waals surface area (Å²) in [6.45, 7) is 0. The number of aryl methyl sites for hydroxylation is 2. The minimum Gasteiger partial charge on any atom is -0.464 e.